The minimum atomic E-state index is -0.787. The number of benzene rings is 3. The Labute approximate surface area is 184 Å². The summed E-state index contributed by atoms with van der Waals surface area (Å²) < 4.78 is 0. The van der Waals surface area contributed by atoms with Crippen molar-refractivity contribution in [3.8, 4) is 0 Å². The molecular weight excluding hydrogens is 421 g/mol. The van der Waals surface area contributed by atoms with Crippen molar-refractivity contribution in [2.75, 3.05) is 4.90 Å². The molecule has 6 heteroatoms. The Hall–Kier alpha value is -3.08. The molecule has 4 nitrogen and oxygen atoms in total. The lowest BCUT2D eigenvalue weighted by Gasteiger charge is -2.25. The first kappa shape index (κ1) is 20.2. The van der Waals surface area contributed by atoms with Gasteiger partial charge >= 0.3 is 0 Å². The quantitative estimate of drug-likeness (QED) is 0.313. The lowest BCUT2D eigenvalue weighted by Crippen LogP contribution is -2.29. The lowest BCUT2D eigenvalue weighted by atomic mass is 9.94. The van der Waals surface area contributed by atoms with Crippen LogP contribution in [0.15, 0.2) is 78.4 Å². The molecule has 1 saturated heterocycles. The predicted octanol–water partition coefficient (Wildman–Crippen LogP) is 5.93. The zero-order valence-electron chi connectivity index (χ0n) is 16.0. The number of rotatable bonds is 3. The van der Waals surface area contributed by atoms with Crippen LogP contribution in [0.1, 0.15) is 22.7 Å². The van der Waals surface area contributed by atoms with Gasteiger partial charge in [0, 0.05) is 21.3 Å². The summed E-state index contributed by atoms with van der Waals surface area (Å²) in [5, 5.41) is 12.0. The van der Waals surface area contributed by atoms with Gasteiger partial charge in [0.05, 0.1) is 11.6 Å². The molecular formula is C24H17Cl2NO3. The first-order valence-corrected chi connectivity index (χ1v) is 10.0. The highest BCUT2D eigenvalue weighted by atomic mass is 35.5. The van der Waals surface area contributed by atoms with Gasteiger partial charge < -0.3 is 5.11 Å². The van der Waals surface area contributed by atoms with Crippen molar-refractivity contribution in [3.63, 3.8) is 0 Å². The van der Waals surface area contributed by atoms with Gasteiger partial charge in [0.1, 0.15) is 5.76 Å². The third kappa shape index (κ3) is 3.60. The molecule has 150 valence electrons. The van der Waals surface area contributed by atoms with Gasteiger partial charge in [-0.2, -0.15) is 0 Å². The predicted molar refractivity (Wildman–Crippen MR) is 119 cm³/mol. The normalized spacial score (nSPS) is 18.1. The van der Waals surface area contributed by atoms with E-state index in [1.165, 1.54) is 4.90 Å². The van der Waals surface area contributed by atoms with Crippen LogP contribution in [0.25, 0.3) is 5.76 Å². The van der Waals surface area contributed by atoms with E-state index >= 15 is 0 Å². The molecule has 0 spiro atoms. The number of hydrogen-bond donors (Lipinski definition) is 1. The molecule has 1 amide bonds. The van der Waals surface area contributed by atoms with Crippen LogP contribution in [0.3, 0.4) is 0 Å². The van der Waals surface area contributed by atoms with E-state index in [-0.39, 0.29) is 11.3 Å². The van der Waals surface area contributed by atoms with Crippen LogP contribution >= 0.6 is 23.2 Å². The molecule has 3 aromatic rings. The summed E-state index contributed by atoms with van der Waals surface area (Å²) in [5.74, 6) is -1.74. The summed E-state index contributed by atoms with van der Waals surface area (Å²) in [6.45, 7) is 1.93. The molecule has 0 bridgehead atoms. The van der Waals surface area contributed by atoms with Crippen molar-refractivity contribution >= 4 is 46.3 Å². The Balaban J connectivity index is 1.96. The number of halogens is 2. The third-order valence-electron chi connectivity index (χ3n) is 5.01. The van der Waals surface area contributed by atoms with E-state index < -0.39 is 17.7 Å². The fraction of sp³-hybridized carbons (Fsp3) is 0.0833. The maximum atomic E-state index is 13.1. The number of carbonyl (C=O) groups is 2. The van der Waals surface area contributed by atoms with E-state index in [1.54, 1.807) is 48.5 Å². The van der Waals surface area contributed by atoms with Crippen LogP contribution in [0.4, 0.5) is 5.69 Å². The van der Waals surface area contributed by atoms with Crippen LogP contribution in [0, 0.1) is 6.92 Å². The van der Waals surface area contributed by atoms with Crippen LogP contribution in [-0.4, -0.2) is 16.8 Å². The number of nitrogens with zero attached hydrogens (tertiary/aromatic N) is 1. The van der Waals surface area contributed by atoms with E-state index in [0.717, 1.165) is 5.56 Å². The molecule has 1 fully saturated rings. The first-order chi connectivity index (χ1) is 14.4. The van der Waals surface area contributed by atoms with Gasteiger partial charge in [-0.05, 0) is 48.9 Å². The minimum Gasteiger partial charge on any atom is -0.507 e. The van der Waals surface area contributed by atoms with Crippen molar-refractivity contribution < 1.29 is 14.7 Å². The summed E-state index contributed by atoms with van der Waals surface area (Å²) in [5.41, 5.74) is 2.58. The first-order valence-electron chi connectivity index (χ1n) is 9.26. The summed E-state index contributed by atoms with van der Waals surface area (Å²) in [4.78, 5) is 27.5. The molecule has 1 atom stereocenters. The van der Waals surface area contributed by atoms with Crippen LogP contribution in [0.5, 0.6) is 0 Å². The van der Waals surface area contributed by atoms with Crippen molar-refractivity contribution in [2.24, 2.45) is 0 Å². The zero-order chi connectivity index (χ0) is 21.4. The monoisotopic (exact) mass is 437 g/mol. The molecule has 0 saturated carbocycles. The Morgan fingerprint density at radius 1 is 0.900 bits per heavy atom. The van der Waals surface area contributed by atoms with Gasteiger partial charge in [0.25, 0.3) is 11.7 Å². The zero-order valence-corrected chi connectivity index (χ0v) is 17.5. The number of ketones is 1. The molecule has 0 radical (unpaired) electrons. The van der Waals surface area contributed by atoms with E-state index in [0.29, 0.717) is 26.9 Å². The van der Waals surface area contributed by atoms with E-state index in [1.807, 2.05) is 31.2 Å². The van der Waals surface area contributed by atoms with Gasteiger partial charge in [-0.25, -0.2) is 0 Å². The van der Waals surface area contributed by atoms with Crippen molar-refractivity contribution in [3.05, 3.63) is 105 Å². The third-order valence-corrected chi connectivity index (χ3v) is 5.49. The summed E-state index contributed by atoms with van der Waals surface area (Å²) >= 11 is 12.1. The summed E-state index contributed by atoms with van der Waals surface area (Å²) in [6, 6.07) is 19.9. The second kappa shape index (κ2) is 7.98. The maximum absolute atomic E-state index is 13.1. The SMILES string of the molecule is Cc1cccc(C2/C(=C(/O)c3cccc(Cl)c3)C(=O)C(=O)N2c2ccc(Cl)cc2)c1. The second-order valence-corrected chi connectivity index (χ2v) is 7.94. The highest BCUT2D eigenvalue weighted by molar-refractivity contribution is 6.51. The molecule has 1 heterocycles. The topological polar surface area (TPSA) is 57.6 Å². The molecule has 3 aromatic carbocycles. The van der Waals surface area contributed by atoms with Gasteiger partial charge in [0.2, 0.25) is 0 Å². The van der Waals surface area contributed by atoms with Gasteiger partial charge in [-0.3, -0.25) is 14.5 Å². The Bertz CT molecular complexity index is 1190. The smallest absolute Gasteiger partial charge is 0.300 e. The lowest BCUT2D eigenvalue weighted by molar-refractivity contribution is -0.132. The molecule has 1 N–H and O–H groups in total. The minimum absolute atomic E-state index is 0.0165. The van der Waals surface area contributed by atoms with Crippen molar-refractivity contribution in [1.82, 2.24) is 0 Å². The number of aliphatic hydroxyl groups is 1. The van der Waals surface area contributed by atoms with Crippen LogP contribution < -0.4 is 4.90 Å². The van der Waals surface area contributed by atoms with Crippen molar-refractivity contribution in [2.45, 2.75) is 13.0 Å². The average Bonchev–Trinajstić information content (AvgIpc) is 2.99. The fourth-order valence-corrected chi connectivity index (χ4v) is 3.96. The number of aryl methyl sites for hydroxylation is 1. The fourth-order valence-electron chi connectivity index (χ4n) is 3.65. The molecule has 0 aromatic heterocycles. The largest absolute Gasteiger partial charge is 0.507 e. The number of aliphatic hydroxyl groups excluding tert-OH is 1. The standard InChI is InChI=1S/C24H17Cl2NO3/c1-14-4-2-5-15(12-14)21-20(22(28)16-6-3-7-18(26)13-16)23(29)24(30)27(21)19-10-8-17(25)9-11-19/h2-13,21,28H,1H3/b22-20-. The molecule has 1 aliphatic rings. The number of hydrogen-bond acceptors (Lipinski definition) is 3. The maximum Gasteiger partial charge on any atom is 0.300 e. The summed E-state index contributed by atoms with van der Waals surface area (Å²) in [7, 11) is 0. The Morgan fingerprint density at radius 2 is 1.60 bits per heavy atom. The molecule has 30 heavy (non-hydrogen) atoms. The van der Waals surface area contributed by atoms with Crippen LogP contribution in [-0.2, 0) is 9.59 Å². The number of anilines is 1. The number of Topliss-reactive ketones (excluding diaryl/α,β-unsaturated/α-hetero) is 1. The van der Waals surface area contributed by atoms with Gasteiger partial charge in [-0.1, -0.05) is 65.2 Å². The summed E-state index contributed by atoms with van der Waals surface area (Å²) in [6.07, 6.45) is 0. The van der Waals surface area contributed by atoms with Gasteiger partial charge in [0.15, 0.2) is 0 Å². The highest BCUT2D eigenvalue weighted by Gasteiger charge is 2.46. The van der Waals surface area contributed by atoms with E-state index in [2.05, 4.69) is 0 Å². The Morgan fingerprint density at radius 3 is 2.27 bits per heavy atom. The second-order valence-electron chi connectivity index (χ2n) is 7.07. The number of amides is 1. The highest BCUT2D eigenvalue weighted by Crippen LogP contribution is 2.42. The van der Waals surface area contributed by atoms with E-state index in [4.69, 9.17) is 23.2 Å². The van der Waals surface area contributed by atoms with E-state index in [9.17, 15) is 14.7 Å². The van der Waals surface area contributed by atoms with Crippen LogP contribution in [0.2, 0.25) is 10.0 Å². The molecule has 4 rings (SSSR count). The van der Waals surface area contributed by atoms with Crippen molar-refractivity contribution in [1.29, 1.82) is 0 Å². The van der Waals surface area contributed by atoms with Gasteiger partial charge in [-0.15, -0.1) is 0 Å². The molecule has 1 aliphatic heterocycles. The Kier molecular flexibility index (Phi) is 5.37. The average molecular weight is 438 g/mol. The molecule has 0 aliphatic carbocycles. The number of carbonyl (C=O) groups excluding carboxylic acids is 2. The molecule has 1 unspecified atom stereocenters.